The SMILES string of the molecule is O=C(O)CCC(C(=O)O)N(C(=O)c1ccccc1)[N+](=O)[O-]. The number of rotatable bonds is 7. The van der Waals surface area contributed by atoms with Crippen molar-refractivity contribution in [3.8, 4) is 0 Å². The van der Waals surface area contributed by atoms with E-state index in [1.54, 1.807) is 6.07 Å². The molecule has 1 rings (SSSR count). The summed E-state index contributed by atoms with van der Waals surface area (Å²) in [4.78, 5) is 44.6. The summed E-state index contributed by atoms with van der Waals surface area (Å²) >= 11 is 0. The molecule has 1 atom stereocenters. The molecule has 0 aromatic heterocycles. The first kappa shape index (κ1) is 16.1. The standard InChI is InChI=1S/C12H12N2O7/c15-10(16)7-6-9(12(18)19)13(14(20)21)11(17)8-4-2-1-3-5-8/h1-5,9H,6-7H2,(H,15,16)(H,18,19). The third kappa shape index (κ3) is 4.27. The molecule has 0 heterocycles. The predicted molar refractivity (Wildman–Crippen MR) is 67.9 cm³/mol. The van der Waals surface area contributed by atoms with Gasteiger partial charge in [-0.2, -0.15) is 0 Å². The van der Waals surface area contributed by atoms with Gasteiger partial charge in [-0.1, -0.05) is 18.2 Å². The molecule has 2 N–H and O–H groups in total. The summed E-state index contributed by atoms with van der Waals surface area (Å²) in [6.07, 6.45) is -1.17. The molecule has 21 heavy (non-hydrogen) atoms. The van der Waals surface area contributed by atoms with E-state index in [4.69, 9.17) is 10.2 Å². The second-order valence-electron chi connectivity index (χ2n) is 4.04. The highest BCUT2D eigenvalue weighted by molar-refractivity contribution is 5.95. The van der Waals surface area contributed by atoms with Gasteiger partial charge in [0.2, 0.25) is 0 Å². The maximum absolute atomic E-state index is 12.1. The van der Waals surface area contributed by atoms with Gasteiger partial charge in [0.1, 0.15) is 0 Å². The van der Waals surface area contributed by atoms with E-state index in [1.807, 2.05) is 0 Å². The molecule has 0 bridgehead atoms. The van der Waals surface area contributed by atoms with Crippen LogP contribution in [0.5, 0.6) is 0 Å². The van der Waals surface area contributed by atoms with Gasteiger partial charge in [0.05, 0.1) is 0 Å². The lowest BCUT2D eigenvalue weighted by atomic mass is 10.1. The van der Waals surface area contributed by atoms with E-state index < -0.39 is 41.8 Å². The largest absolute Gasteiger partial charge is 0.481 e. The van der Waals surface area contributed by atoms with Crippen molar-refractivity contribution in [1.82, 2.24) is 5.01 Å². The molecule has 0 saturated carbocycles. The quantitative estimate of drug-likeness (QED) is 0.556. The third-order valence-corrected chi connectivity index (χ3v) is 2.62. The third-order valence-electron chi connectivity index (χ3n) is 2.62. The van der Waals surface area contributed by atoms with Crippen LogP contribution in [0.25, 0.3) is 0 Å². The van der Waals surface area contributed by atoms with Crippen LogP contribution in [0.2, 0.25) is 0 Å². The number of carboxylic acids is 2. The zero-order valence-corrected chi connectivity index (χ0v) is 10.7. The number of carbonyl (C=O) groups is 3. The number of hydrazine groups is 1. The first-order valence-corrected chi connectivity index (χ1v) is 5.82. The molecular formula is C12H12N2O7. The van der Waals surface area contributed by atoms with Crippen LogP contribution in [0.4, 0.5) is 0 Å². The fourth-order valence-electron chi connectivity index (χ4n) is 1.65. The summed E-state index contributed by atoms with van der Waals surface area (Å²) < 4.78 is 0. The Morgan fingerprint density at radius 3 is 2.19 bits per heavy atom. The number of amides is 1. The Morgan fingerprint density at radius 1 is 1.19 bits per heavy atom. The molecule has 1 aromatic carbocycles. The van der Waals surface area contributed by atoms with Crippen LogP contribution < -0.4 is 0 Å². The molecule has 0 aliphatic heterocycles. The fourth-order valence-corrected chi connectivity index (χ4v) is 1.65. The Bertz CT molecular complexity index is 558. The van der Waals surface area contributed by atoms with E-state index in [0.29, 0.717) is 0 Å². The van der Waals surface area contributed by atoms with Crippen molar-refractivity contribution in [2.24, 2.45) is 0 Å². The zero-order chi connectivity index (χ0) is 16.0. The predicted octanol–water partition coefficient (Wildman–Crippen LogP) is 0.638. The van der Waals surface area contributed by atoms with Crippen LogP contribution in [0.3, 0.4) is 0 Å². The number of hydrogen-bond acceptors (Lipinski definition) is 5. The molecule has 1 unspecified atom stereocenters. The Kier molecular flexibility index (Phi) is 5.35. The van der Waals surface area contributed by atoms with Crippen molar-refractivity contribution in [3.05, 3.63) is 46.0 Å². The van der Waals surface area contributed by atoms with Gasteiger partial charge in [-0.3, -0.25) is 9.59 Å². The van der Waals surface area contributed by atoms with Crippen molar-refractivity contribution in [1.29, 1.82) is 0 Å². The van der Waals surface area contributed by atoms with Crippen molar-refractivity contribution in [2.75, 3.05) is 0 Å². The summed E-state index contributed by atoms with van der Waals surface area (Å²) in [5.74, 6) is -4.06. The molecule has 0 aliphatic rings. The van der Waals surface area contributed by atoms with E-state index in [-0.39, 0.29) is 10.6 Å². The highest BCUT2D eigenvalue weighted by atomic mass is 16.7. The summed E-state index contributed by atoms with van der Waals surface area (Å²) in [6, 6.07) is 5.27. The maximum atomic E-state index is 12.1. The second kappa shape index (κ2) is 6.98. The van der Waals surface area contributed by atoms with Crippen molar-refractivity contribution in [2.45, 2.75) is 18.9 Å². The van der Waals surface area contributed by atoms with Gasteiger partial charge in [0.15, 0.2) is 11.1 Å². The molecule has 0 aliphatic carbocycles. The minimum Gasteiger partial charge on any atom is -0.481 e. The zero-order valence-electron chi connectivity index (χ0n) is 10.7. The number of nitro groups is 1. The van der Waals surface area contributed by atoms with Crippen LogP contribution in [0.15, 0.2) is 30.3 Å². The number of hydrogen-bond donors (Lipinski definition) is 2. The Morgan fingerprint density at radius 2 is 1.76 bits per heavy atom. The lowest BCUT2D eigenvalue weighted by Gasteiger charge is -2.19. The highest BCUT2D eigenvalue weighted by Gasteiger charge is 2.39. The van der Waals surface area contributed by atoms with Gasteiger partial charge in [0, 0.05) is 12.0 Å². The monoisotopic (exact) mass is 296 g/mol. The topological polar surface area (TPSA) is 138 Å². The molecule has 0 fully saturated rings. The van der Waals surface area contributed by atoms with Crippen molar-refractivity contribution >= 4 is 17.8 Å². The van der Waals surface area contributed by atoms with Gasteiger partial charge in [-0.05, 0) is 23.6 Å². The first-order valence-electron chi connectivity index (χ1n) is 5.82. The smallest absolute Gasteiger partial charge is 0.333 e. The molecule has 9 heteroatoms. The van der Waals surface area contributed by atoms with E-state index in [9.17, 15) is 24.5 Å². The summed E-state index contributed by atoms with van der Waals surface area (Å²) in [5, 5.41) is 27.4. The number of benzene rings is 1. The van der Waals surface area contributed by atoms with Crippen LogP contribution in [0, 0.1) is 10.1 Å². The van der Waals surface area contributed by atoms with E-state index in [1.165, 1.54) is 24.3 Å². The van der Waals surface area contributed by atoms with Gasteiger partial charge in [-0.15, -0.1) is 0 Å². The molecule has 1 aromatic rings. The number of carbonyl (C=O) groups excluding carboxylic acids is 1. The van der Waals surface area contributed by atoms with E-state index in [0.717, 1.165) is 0 Å². The molecule has 112 valence electrons. The second-order valence-corrected chi connectivity index (χ2v) is 4.04. The Balaban J connectivity index is 3.07. The number of aliphatic carboxylic acids is 2. The summed E-state index contributed by atoms with van der Waals surface area (Å²) in [6.45, 7) is 0. The molecule has 0 saturated heterocycles. The van der Waals surface area contributed by atoms with Crippen LogP contribution >= 0.6 is 0 Å². The normalized spacial score (nSPS) is 11.4. The molecule has 0 radical (unpaired) electrons. The minimum absolute atomic E-state index is 0.0550. The van der Waals surface area contributed by atoms with Crippen molar-refractivity contribution < 1.29 is 29.6 Å². The first-order chi connectivity index (χ1) is 9.84. The fraction of sp³-hybridized carbons (Fsp3) is 0.250. The van der Waals surface area contributed by atoms with E-state index >= 15 is 0 Å². The lowest BCUT2D eigenvalue weighted by Crippen LogP contribution is -2.48. The molecule has 0 spiro atoms. The van der Waals surface area contributed by atoms with Gasteiger partial charge < -0.3 is 10.2 Å². The van der Waals surface area contributed by atoms with Crippen molar-refractivity contribution in [3.63, 3.8) is 0 Å². The number of nitrogens with zero attached hydrogens (tertiary/aromatic N) is 2. The lowest BCUT2D eigenvalue weighted by molar-refractivity contribution is -0.638. The van der Waals surface area contributed by atoms with Crippen LogP contribution in [0.1, 0.15) is 23.2 Å². The molecule has 9 nitrogen and oxygen atoms in total. The Labute approximate surface area is 118 Å². The van der Waals surface area contributed by atoms with Gasteiger partial charge in [0.25, 0.3) is 0 Å². The minimum atomic E-state index is -1.86. The molecule has 1 amide bonds. The van der Waals surface area contributed by atoms with Crippen LogP contribution in [-0.2, 0) is 9.59 Å². The Hall–Kier alpha value is -2.97. The molecular weight excluding hydrogens is 284 g/mol. The summed E-state index contributed by atoms with van der Waals surface area (Å²) in [5.41, 5.74) is -0.0595. The summed E-state index contributed by atoms with van der Waals surface area (Å²) in [7, 11) is 0. The maximum Gasteiger partial charge on any atom is 0.333 e. The van der Waals surface area contributed by atoms with Gasteiger partial charge in [-0.25, -0.2) is 14.9 Å². The number of carboxylic acid groups (broad SMARTS) is 2. The average Bonchev–Trinajstić information content (AvgIpc) is 2.42. The van der Waals surface area contributed by atoms with Gasteiger partial charge >= 0.3 is 17.8 Å². The highest BCUT2D eigenvalue weighted by Crippen LogP contribution is 2.13. The van der Waals surface area contributed by atoms with Crippen LogP contribution in [-0.4, -0.2) is 44.1 Å². The van der Waals surface area contributed by atoms with E-state index in [2.05, 4.69) is 0 Å². The average molecular weight is 296 g/mol.